The molecule has 1 heterocycles. The van der Waals surface area contributed by atoms with E-state index in [1.165, 1.54) is 11.8 Å². The number of aliphatic hydroxyl groups excluding tert-OH is 1. The van der Waals surface area contributed by atoms with Crippen LogP contribution in [0, 0.1) is 16.7 Å². The Hall–Kier alpha value is -7.55. The molecule has 1 saturated heterocycles. The SMILES string of the molecule is CSCC[C@H](N)C(=O)N[C@H](C(=O)N[C@@H](CCC(=O)O)C(=O)N[C@@H](CCC(=O)O)C(=O)N[C@@H](CCC(=O)O)C(=O)N[C@@H](CCCNC(=N)N)C(=O)N1CCC[C@H]1C(=O)N[C@@H](CO)C(=O)N[C@@H](CCCNC(=N)N)C(=O)O)C(C)C. The molecule has 0 spiro atoms. The number of likely N-dealkylation sites (tertiary alicyclic amines) is 1. The minimum absolute atomic E-state index is 0.00839. The molecule has 22 N–H and O–H groups in total. The van der Waals surface area contributed by atoms with Gasteiger partial charge in [-0.15, -0.1) is 0 Å². The number of carboxylic acids is 4. The van der Waals surface area contributed by atoms with E-state index in [1.54, 1.807) is 20.1 Å². The third-order valence-corrected chi connectivity index (χ3v) is 12.6. The lowest BCUT2D eigenvalue weighted by molar-refractivity contribution is -0.144. The molecule has 9 atom stereocenters. The van der Waals surface area contributed by atoms with E-state index in [2.05, 4.69) is 47.9 Å². The zero-order valence-electron chi connectivity index (χ0n) is 43.7. The van der Waals surface area contributed by atoms with Crippen LogP contribution in [0.3, 0.4) is 0 Å². The molecule has 0 aromatic heterocycles. The fourth-order valence-corrected chi connectivity index (χ4v) is 8.16. The number of carbonyl (C=O) groups excluding carboxylic acids is 8. The Morgan fingerprint density at radius 3 is 1.41 bits per heavy atom. The predicted octanol–water partition coefficient (Wildman–Crippen LogP) is -5.69. The highest BCUT2D eigenvalue weighted by Gasteiger charge is 2.40. The molecule has 33 heteroatoms. The second-order valence-electron chi connectivity index (χ2n) is 18.5. The van der Waals surface area contributed by atoms with Gasteiger partial charge in [-0.3, -0.25) is 63.6 Å². The Labute approximate surface area is 453 Å². The van der Waals surface area contributed by atoms with Crippen molar-refractivity contribution in [2.75, 3.05) is 38.2 Å². The lowest BCUT2D eigenvalue weighted by atomic mass is 10.0. The van der Waals surface area contributed by atoms with Crippen molar-refractivity contribution >= 4 is 94.8 Å². The van der Waals surface area contributed by atoms with Gasteiger partial charge in [-0.25, -0.2) is 4.79 Å². The smallest absolute Gasteiger partial charge is 0.326 e. The van der Waals surface area contributed by atoms with Gasteiger partial charge < -0.3 is 95.5 Å². The fourth-order valence-electron chi connectivity index (χ4n) is 7.67. The van der Waals surface area contributed by atoms with Crippen LogP contribution in [0.15, 0.2) is 0 Å². The quantitative estimate of drug-likeness (QED) is 0.0156. The summed E-state index contributed by atoms with van der Waals surface area (Å²) in [5, 5.41) is 84.5. The predicted molar refractivity (Wildman–Crippen MR) is 278 cm³/mol. The van der Waals surface area contributed by atoms with Gasteiger partial charge in [0.25, 0.3) is 0 Å². The van der Waals surface area contributed by atoms with Gasteiger partial charge in [0.05, 0.1) is 12.6 Å². The third-order valence-electron chi connectivity index (χ3n) is 11.9. The summed E-state index contributed by atoms with van der Waals surface area (Å²) < 4.78 is 0. The average molecular weight is 1130 g/mol. The van der Waals surface area contributed by atoms with Crippen molar-refractivity contribution in [3.8, 4) is 0 Å². The van der Waals surface area contributed by atoms with Crippen LogP contribution in [0.4, 0.5) is 0 Å². The van der Waals surface area contributed by atoms with Gasteiger partial charge in [-0.1, -0.05) is 13.8 Å². The van der Waals surface area contributed by atoms with E-state index in [0.29, 0.717) is 5.75 Å². The molecule has 0 unspecified atom stereocenters. The van der Waals surface area contributed by atoms with Crippen LogP contribution >= 0.6 is 11.8 Å². The lowest BCUT2D eigenvalue weighted by Gasteiger charge is -2.31. The largest absolute Gasteiger partial charge is 0.481 e. The van der Waals surface area contributed by atoms with Crippen molar-refractivity contribution in [1.82, 2.24) is 52.8 Å². The number of nitrogens with two attached hydrogens (primary N) is 3. The number of thioether (sulfide) groups is 1. The first kappa shape index (κ1) is 68.5. The van der Waals surface area contributed by atoms with Crippen molar-refractivity contribution in [1.29, 1.82) is 10.8 Å². The Morgan fingerprint density at radius 1 is 0.577 bits per heavy atom. The van der Waals surface area contributed by atoms with E-state index in [0.717, 1.165) is 4.90 Å². The molecule has 8 amide bonds. The van der Waals surface area contributed by atoms with Gasteiger partial charge >= 0.3 is 23.9 Å². The Balaban J connectivity index is 3.53. The first-order valence-corrected chi connectivity index (χ1v) is 26.4. The van der Waals surface area contributed by atoms with Gasteiger partial charge in [0.1, 0.15) is 48.3 Å². The number of amides is 8. The van der Waals surface area contributed by atoms with Crippen LogP contribution in [-0.4, -0.2) is 206 Å². The monoisotopic (exact) mass is 1130 g/mol. The number of carbonyl (C=O) groups is 12. The molecule has 0 saturated carbocycles. The maximum atomic E-state index is 14.4. The first-order valence-electron chi connectivity index (χ1n) is 25.0. The highest BCUT2D eigenvalue weighted by atomic mass is 32.2. The van der Waals surface area contributed by atoms with Crippen molar-refractivity contribution < 1.29 is 83.1 Å². The van der Waals surface area contributed by atoms with Crippen molar-refractivity contribution in [2.45, 2.75) is 152 Å². The standard InChI is InChI=1S/C45H77N15O17S/c1-22(2)34(59-35(68)23(46)16-20-78-3)41(74)55-26(12-15-33(66)67)37(70)53-24(10-13-31(62)63)36(69)54-25(11-14-32(64)65)38(71)56-27(7-4-17-51-44(47)48)42(75)60-19-6-9-30(60)40(73)58-29(21-61)39(72)57-28(43(76)77)8-5-18-52-45(49)50/h22-30,34,61H,4-21,46H2,1-3H3,(H,53,70)(H,54,69)(H,55,74)(H,56,71)(H,57,72)(H,58,73)(H,59,68)(H,62,63)(H,64,65)(H,66,67)(H,76,77)(H4,47,48,51)(H4,49,50,52)/t23-,24-,25-,26-,27-,28-,29-,30-,34-/m0/s1. The summed E-state index contributed by atoms with van der Waals surface area (Å²) in [4.78, 5) is 158. The van der Waals surface area contributed by atoms with E-state index in [1.807, 2.05) is 0 Å². The molecule has 0 aromatic carbocycles. The van der Waals surface area contributed by atoms with Gasteiger partial charge in [0.2, 0.25) is 47.3 Å². The van der Waals surface area contributed by atoms with Gasteiger partial charge in [0, 0.05) is 38.9 Å². The zero-order valence-corrected chi connectivity index (χ0v) is 44.5. The molecule has 32 nitrogen and oxygen atoms in total. The Bertz CT molecular complexity index is 2140. The maximum absolute atomic E-state index is 14.4. The Morgan fingerprint density at radius 2 is 1.00 bits per heavy atom. The molecule has 1 aliphatic heterocycles. The van der Waals surface area contributed by atoms with E-state index in [4.69, 9.17) is 28.0 Å². The first-order chi connectivity index (χ1) is 36.6. The van der Waals surface area contributed by atoms with E-state index < -0.39 is 183 Å². The van der Waals surface area contributed by atoms with Crippen molar-refractivity contribution in [3.63, 3.8) is 0 Å². The van der Waals surface area contributed by atoms with E-state index in [-0.39, 0.29) is 70.5 Å². The van der Waals surface area contributed by atoms with Crippen LogP contribution in [0.25, 0.3) is 0 Å². The molecule has 0 aromatic rings. The van der Waals surface area contributed by atoms with Gasteiger partial charge in [-0.2, -0.15) is 11.8 Å². The molecule has 440 valence electrons. The number of aliphatic hydroxyl groups is 1. The topological polar surface area (TPSA) is 543 Å². The molecule has 0 radical (unpaired) electrons. The highest BCUT2D eigenvalue weighted by molar-refractivity contribution is 7.98. The number of hydrogen-bond acceptors (Lipinski definition) is 17. The molecule has 1 fully saturated rings. The average Bonchev–Trinajstić information content (AvgIpc) is 3.86. The highest BCUT2D eigenvalue weighted by Crippen LogP contribution is 2.21. The third kappa shape index (κ3) is 26.0. The summed E-state index contributed by atoms with van der Waals surface area (Å²) in [7, 11) is 0. The Kier molecular flexibility index (Phi) is 31.3. The normalized spacial score (nSPS) is 16.0. The summed E-state index contributed by atoms with van der Waals surface area (Å²) in [6.07, 6.45) is -2.05. The van der Waals surface area contributed by atoms with Crippen LogP contribution < -0.4 is 65.1 Å². The van der Waals surface area contributed by atoms with E-state index in [9.17, 15) is 83.1 Å². The summed E-state index contributed by atoms with van der Waals surface area (Å²) in [5.41, 5.74) is 16.6. The second kappa shape index (κ2) is 35.7. The van der Waals surface area contributed by atoms with Gasteiger partial charge in [0.15, 0.2) is 11.9 Å². The number of rotatable bonds is 38. The van der Waals surface area contributed by atoms with Gasteiger partial charge in [-0.05, 0) is 82.1 Å². The summed E-state index contributed by atoms with van der Waals surface area (Å²) in [5.74, 6) is -14.7. The maximum Gasteiger partial charge on any atom is 0.326 e. The molecule has 0 aliphatic carbocycles. The molecule has 1 aliphatic rings. The molecule has 0 bridgehead atoms. The van der Waals surface area contributed by atoms with E-state index >= 15 is 0 Å². The molecular formula is C45H77N15O17S. The molecule has 78 heavy (non-hydrogen) atoms. The number of guanidine groups is 2. The summed E-state index contributed by atoms with van der Waals surface area (Å²) in [6, 6.07) is -13.7. The minimum atomic E-state index is -1.85. The van der Waals surface area contributed by atoms with Crippen LogP contribution in [-0.2, 0) is 57.5 Å². The van der Waals surface area contributed by atoms with Crippen LogP contribution in [0.5, 0.6) is 0 Å². The molecule has 1 rings (SSSR count). The number of nitrogens with one attached hydrogen (secondary N) is 11. The van der Waals surface area contributed by atoms with Crippen molar-refractivity contribution in [2.24, 2.45) is 23.1 Å². The minimum Gasteiger partial charge on any atom is -0.481 e. The zero-order chi connectivity index (χ0) is 59.2. The van der Waals surface area contributed by atoms with Crippen LogP contribution in [0.1, 0.15) is 97.3 Å². The lowest BCUT2D eigenvalue weighted by Crippen LogP contribution is -2.60. The van der Waals surface area contributed by atoms with Crippen LogP contribution in [0.2, 0.25) is 0 Å². The number of hydrogen-bond donors (Lipinski definition) is 19. The summed E-state index contributed by atoms with van der Waals surface area (Å²) >= 11 is 1.43. The summed E-state index contributed by atoms with van der Waals surface area (Å²) in [6.45, 7) is 2.14. The number of carboxylic acid groups (broad SMARTS) is 4. The number of aliphatic carboxylic acids is 4. The molecular weight excluding hydrogens is 1050 g/mol. The second-order valence-corrected chi connectivity index (χ2v) is 19.4. The number of nitrogens with zero attached hydrogens (tertiary/aromatic N) is 1. The van der Waals surface area contributed by atoms with Crippen molar-refractivity contribution in [3.05, 3.63) is 0 Å². The fraction of sp³-hybridized carbons (Fsp3) is 0.689.